The first-order valence-corrected chi connectivity index (χ1v) is 8.21. The van der Waals surface area contributed by atoms with Gasteiger partial charge in [0.1, 0.15) is 5.75 Å². The number of carbonyl (C=O) groups excluding carboxylic acids is 2. The van der Waals surface area contributed by atoms with Gasteiger partial charge in [-0.2, -0.15) is 13.2 Å². The standard InChI is InChI=1S/C19H19F3N2O4/c1-11-3-8-16(28-2)14(9-11)24-18(27)17(26)23-10-15(25)12-4-6-13(7-5-12)19(20,21)22/h3-9,15,25H,10H2,1-2H3,(H,23,26)(H,24,27)/t15-/m0/s1. The van der Waals surface area contributed by atoms with Crippen LogP contribution in [0.1, 0.15) is 22.8 Å². The number of nitrogens with one attached hydrogen (secondary N) is 2. The quantitative estimate of drug-likeness (QED) is 0.679. The van der Waals surface area contributed by atoms with Crippen molar-refractivity contribution >= 4 is 17.5 Å². The number of aryl methyl sites for hydroxylation is 1. The summed E-state index contributed by atoms with van der Waals surface area (Å²) in [5, 5.41) is 14.6. The van der Waals surface area contributed by atoms with E-state index >= 15 is 0 Å². The molecule has 0 radical (unpaired) electrons. The molecule has 0 unspecified atom stereocenters. The lowest BCUT2D eigenvalue weighted by atomic mass is 10.1. The van der Waals surface area contributed by atoms with Gasteiger partial charge in [-0.25, -0.2) is 0 Å². The number of methoxy groups -OCH3 is 1. The second-order valence-corrected chi connectivity index (χ2v) is 6.00. The van der Waals surface area contributed by atoms with E-state index < -0.39 is 29.7 Å². The van der Waals surface area contributed by atoms with E-state index in [1.807, 2.05) is 0 Å². The van der Waals surface area contributed by atoms with Crippen molar-refractivity contribution in [1.82, 2.24) is 5.32 Å². The summed E-state index contributed by atoms with van der Waals surface area (Å²) in [6, 6.07) is 8.91. The minimum atomic E-state index is -4.48. The number of alkyl halides is 3. The third kappa shape index (κ3) is 5.46. The summed E-state index contributed by atoms with van der Waals surface area (Å²) in [6.45, 7) is 1.46. The molecule has 6 nitrogen and oxygen atoms in total. The highest BCUT2D eigenvalue weighted by Gasteiger charge is 2.30. The van der Waals surface area contributed by atoms with Crippen molar-refractivity contribution in [2.24, 2.45) is 0 Å². The predicted molar refractivity (Wildman–Crippen MR) is 95.8 cm³/mol. The number of amides is 2. The minimum absolute atomic E-state index is 0.175. The SMILES string of the molecule is COc1ccc(C)cc1NC(=O)C(=O)NC[C@H](O)c1ccc(C(F)(F)F)cc1. The van der Waals surface area contributed by atoms with E-state index in [1.54, 1.807) is 25.1 Å². The number of rotatable bonds is 5. The molecule has 2 aromatic carbocycles. The van der Waals surface area contributed by atoms with E-state index in [1.165, 1.54) is 7.11 Å². The normalized spacial score (nSPS) is 12.2. The second-order valence-electron chi connectivity index (χ2n) is 6.00. The van der Waals surface area contributed by atoms with Crippen molar-refractivity contribution < 1.29 is 32.6 Å². The van der Waals surface area contributed by atoms with Crippen LogP contribution in [0.2, 0.25) is 0 Å². The molecule has 0 saturated carbocycles. The molecule has 9 heteroatoms. The van der Waals surface area contributed by atoms with Crippen molar-refractivity contribution in [1.29, 1.82) is 0 Å². The Kier molecular flexibility index (Phi) is 6.63. The molecule has 3 N–H and O–H groups in total. The fraction of sp³-hybridized carbons (Fsp3) is 0.263. The lowest BCUT2D eigenvalue weighted by Gasteiger charge is -2.14. The second kappa shape index (κ2) is 8.75. The van der Waals surface area contributed by atoms with E-state index in [4.69, 9.17) is 4.74 Å². The van der Waals surface area contributed by atoms with Crippen LogP contribution in [0.15, 0.2) is 42.5 Å². The number of hydrogen-bond donors (Lipinski definition) is 3. The van der Waals surface area contributed by atoms with E-state index in [0.717, 1.165) is 29.8 Å². The molecule has 0 spiro atoms. The van der Waals surface area contributed by atoms with Gasteiger partial charge < -0.3 is 20.5 Å². The van der Waals surface area contributed by atoms with Crippen LogP contribution in [0, 0.1) is 6.92 Å². The molecule has 0 aliphatic carbocycles. The average Bonchev–Trinajstić information content (AvgIpc) is 2.65. The van der Waals surface area contributed by atoms with Gasteiger partial charge in [0.05, 0.1) is 24.5 Å². The molecule has 2 amide bonds. The smallest absolute Gasteiger partial charge is 0.416 e. The van der Waals surface area contributed by atoms with Crippen LogP contribution in [-0.4, -0.2) is 30.6 Å². The number of aliphatic hydroxyl groups is 1. The van der Waals surface area contributed by atoms with Crippen molar-refractivity contribution in [3.63, 3.8) is 0 Å². The van der Waals surface area contributed by atoms with Gasteiger partial charge in [0.25, 0.3) is 0 Å². The molecule has 0 heterocycles. The molecule has 0 aromatic heterocycles. The van der Waals surface area contributed by atoms with Gasteiger partial charge in [0.15, 0.2) is 0 Å². The Morgan fingerprint density at radius 1 is 1.11 bits per heavy atom. The van der Waals surface area contributed by atoms with Crippen molar-refractivity contribution in [2.75, 3.05) is 19.0 Å². The molecule has 0 fully saturated rings. The van der Waals surface area contributed by atoms with Gasteiger partial charge in [-0.05, 0) is 42.3 Å². The van der Waals surface area contributed by atoms with Crippen LogP contribution in [0.5, 0.6) is 5.75 Å². The lowest BCUT2D eigenvalue weighted by Crippen LogP contribution is -2.37. The molecule has 2 rings (SSSR count). The maximum Gasteiger partial charge on any atom is 0.416 e. The number of halogens is 3. The summed E-state index contributed by atoms with van der Waals surface area (Å²) in [5.41, 5.74) is 0.480. The first kappa shape index (κ1) is 21.2. The van der Waals surface area contributed by atoms with Gasteiger partial charge in [0, 0.05) is 6.54 Å². The zero-order valence-electron chi connectivity index (χ0n) is 15.1. The molecular formula is C19H19F3N2O4. The Morgan fingerprint density at radius 2 is 1.75 bits per heavy atom. The van der Waals surface area contributed by atoms with Crippen molar-refractivity contribution in [3.05, 3.63) is 59.2 Å². The highest BCUT2D eigenvalue weighted by atomic mass is 19.4. The zero-order chi connectivity index (χ0) is 20.9. The first-order chi connectivity index (χ1) is 13.1. The molecule has 0 aliphatic heterocycles. The van der Waals surface area contributed by atoms with Gasteiger partial charge in [-0.3, -0.25) is 9.59 Å². The molecular weight excluding hydrogens is 377 g/mol. The monoisotopic (exact) mass is 396 g/mol. The largest absolute Gasteiger partial charge is 0.495 e. The summed E-state index contributed by atoms with van der Waals surface area (Å²) in [6.07, 6.45) is -5.75. The Labute approximate surface area is 159 Å². The molecule has 0 bridgehead atoms. The molecule has 2 aromatic rings. The molecule has 150 valence electrons. The van der Waals surface area contributed by atoms with E-state index in [2.05, 4.69) is 10.6 Å². The molecule has 0 saturated heterocycles. The summed E-state index contributed by atoms with van der Waals surface area (Å²) >= 11 is 0. The van der Waals surface area contributed by atoms with Crippen LogP contribution in [0.3, 0.4) is 0 Å². The number of aliphatic hydroxyl groups excluding tert-OH is 1. The lowest BCUT2D eigenvalue weighted by molar-refractivity contribution is -0.137. The molecule has 28 heavy (non-hydrogen) atoms. The van der Waals surface area contributed by atoms with Crippen LogP contribution in [0.25, 0.3) is 0 Å². The Morgan fingerprint density at radius 3 is 2.32 bits per heavy atom. The summed E-state index contributed by atoms with van der Waals surface area (Å²) in [7, 11) is 1.42. The van der Waals surface area contributed by atoms with Crippen molar-refractivity contribution in [2.45, 2.75) is 19.2 Å². The van der Waals surface area contributed by atoms with E-state index in [-0.39, 0.29) is 12.1 Å². The Balaban J connectivity index is 1.94. The van der Waals surface area contributed by atoms with Crippen LogP contribution in [-0.2, 0) is 15.8 Å². The number of carbonyl (C=O) groups is 2. The Hall–Kier alpha value is -3.07. The fourth-order valence-electron chi connectivity index (χ4n) is 2.38. The number of anilines is 1. The highest BCUT2D eigenvalue weighted by molar-refractivity contribution is 6.39. The van der Waals surface area contributed by atoms with Gasteiger partial charge in [-0.15, -0.1) is 0 Å². The minimum Gasteiger partial charge on any atom is -0.495 e. The van der Waals surface area contributed by atoms with Gasteiger partial charge >= 0.3 is 18.0 Å². The average molecular weight is 396 g/mol. The highest BCUT2D eigenvalue weighted by Crippen LogP contribution is 2.30. The number of hydrogen-bond acceptors (Lipinski definition) is 4. The third-order valence-electron chi connectivity index (χ3n) is 3.89. The number of ether oxygens (including phenoxy) is 1. The van der Waals surface area contributed by atoms with Crippen LogP contribution >= 0.6 is 0 Å². The summed E-state index contributed by atoms with van der Waals surface area (Å²) < 4.78 is 42.7. The van der Waals surface area contributed by atoms with Gasteiger partial charge in [-0.1, -0.05) is 18.2 Å². The van der Waals surface area contributed by atoms with Crippen molar-refractivity contribution in [3.8, 4) is 5.75 Å². The predicted octanol–water partition coefficient (Wildman–Crippen LogP) is 2.81. The molecule has 1 atom stereocenters. The summed E-state index contributed by atoms with van der Waals surface area (Å²) in [4.78, 5) is 23.9. The maximum absolute atomic E-state index is 12.5. The first-order valence-electron chi connectivity index (χ1n) is 8.21. The zero-order valence-corrected chi connectivity index (χ0v) is 15.1. The van der Waals surface area contributed by atoms with Crippen LogP contribution < -0.4 is 15.4 Å². The maximum atomic E-state index is 12.5. The fourth-order valence-corrected chi connectivity index (χ4v) is 2.38. The van der Waals surface area contributed by atoms with E-state index in [0.29, 0.717) is 11.4 Å². The number of benzene rings is 2. The molecule has 0 aliphatic rings. The Bertz CT molecular complexity index is 851. The third-order valence-corrected chi connectivity index (χ3v) is 3.89. The van der Waals surface area contributed by atoms with Crippen LogP contribution in [0.4, 0.5) is 18.9 Å². The topological polar surface area (TPSA) is 87.7 Å². The van der Waals surface area contributed by atoms with E-state index in [9.17, 15) is 27.9 Å². The summed E-state index contributed by atoms with van der Waals surface area (Å²) in [5.74, 6) is -1.60. The van der Waals surface area contributed by atoms with Gasteiger partial charge in [0.2, 0.25) is 0 Å².